The van der Waals surface area contributed by atoms with Gasteiger partial charge in [0.15, 0.2) is 21.2 Å². The Morgan fingerprint density at radius 1 is 1.02 bits per heavy atom. The topological polar surface area (TPSA) is 104 Å². The number of nitrogens with zero attached hydrogens (tertiary/aromatic N) is 2. The summed E-state index contributed by atoms with van der Waals surface area (Å²) in [6.07, 6.45) is 1.81. The molecule has 2 heterocycles. The number of fused-ring (bicyclic) bond motifs is 4. The fraction of sp³-hybridized carbons (Fsp3) is 0.357. The molecule has 40 heavy (non-hydrogen) atoms. The van der Waals surface area contributed by atoms with Crippen LogP contribution in [0.5, 0.6) is 11.5 Å². The maximum Gasteiger partial charge on any atom is 0.258 e. The molecule has 0 radical (unpaired) electrons. The molecule has 208 valence electrons. The van der Waals surface area contributed by atoms with Gasteiger partial charge in [0, 0.05) is 13.0 Å². The molecule has 4 amide bonds. The maximum absolute atomic E-state index is 14.2. The van der Waals surface area contributed by atoms with Crippen molar-refractivity contribution in [1.82, 2.24) is 4.90 Å². The van der Waals surface area contributed by atoms with Gasteiger partial charge in [-0.15, -0.1) is 23.2 Å². The number of anilines is 1. The van der Waals surface area contributed by atoms with Crippen LogP contribution in [-0.2, 0) is 19.2 Å². The highest BCUT2D eigenvalue weighted by Gasteiger charge is 2.76. The Morgan fingerprint density at radius 3 is 2.35 bits per heavy atom. The van der Waals surface area contributed by atoms with E-state index in [0.29, 0.717) is 11.1 Å². The van der Waals surface area contributed by atoms with Crippen LogP contribution in [0.2, 0.25) is 5.02 Å². The summed E-state index contributed by atoms with van der Waals surface area (Å²) >= 11 is 20.8. The molecule has 12 heteroatoms. The molecule has 1 N–H and O–H groups in total. The predicted molar refractivity (Wildman–Crippen MR) is 144 cm³/mol. The average molecular weight is 608 g/mol. The number of hydrogen-bond acceptors (Lipinski definition) is 6. The molecule has 6 atom stereocenters. The molecule has 0 bridgehead atoms. The van der Waals surface area contributed by atoms with Crippen LogP contribution in [-0.4, -0.2) is 57.5 Å². The number of allylic oxidation sites excluding steroid dienone is 2. The van der Waals surface area contributed by atoms with E-state index < -0.39 is 57.0 Å². The first kappa shape index (κ1) is 27.1. The van der Waals surface area contributed by atoms with Crippen LogP contribution in [0.25, 0.3) is 0 Å². The molecule has 3 fully saturated rings. The molecule has 1 saturated carbocycles. The highest BCUT2D eigenvalue weighted by atomic mass is 35.5. The maximum atomic E-state index is 14.2. The van der Waals surface area contributed by atoms with Crippen LogP contribution in [0.4, 0.5) is 10.1 Å². The van der Waals surface area contributed by atoms with Crippen molar-refractivity contribution < 1.29 is 33.4 Å². The van der Waals surface area contributed by atoms with Crippen LogP contribution in [0.3, 0.4) is 0 Å². The fourth-order valence-electron chi connectivity index (χ4n) is 6.85. The molecule has 2 aliphatic heterocycles. The van der Waals surface area contributed by atoms with Crippen molar-refractivity contribution >= 4 is 64.1 Å². The monoisotopic (exact) mass is 606 g/mol. The fourth-order valence-corrected chi connectivity index (χ4v) is 8.00. The summed E-state index contributed by atoms with van der Waals surface area (Å²) in [5.41, 5.74) is 0.962. The number of phenols is 1. The van der Waals surface area contributed by atoms with Crippen molar-refractivity contribution in [2.24, 2.45) is 17.8 Å². The summed E-state index contributed by atoms with van der Waals surface area (Å²) in [6.45, 7) is 0. The minimum Gasteiger partial charge on any atom is -0.503 e. The summed E-state index contributed by atoms with van der Waals surface area (Å²) in [4.78, 5) is 52.3. The normalized spacial score (nSPS) is 33.1. The Labute approximate surface area is 243 Å². The van der Waals surface area contributed by atoms with Gasteiger partial charge in [-0.25, -0.2) is 9.29 Å². The predicted octanol–water partition coefficient (Wildman–Crippen LogP) is 4.39. The van der Waals surface area contributed by atoms with E-state index >= 15 is 0 Å². The number of likely N-dealkylation sites (tertiary alicyclic amines) is 1. The number of aromatic hydroxyl groups is 1. The van der Waals surface area contributed by atoms with Gasteiger partial charge in [0.2, 0.25) is 11.8 Å². The van der Waals surface area contributed by atoms with Crippen LogP contribution in [0.1, 0.15) is 24.3 Å². The van der Waals surface area contributed by atoms with Gasteiger partial charge in [-0.05, 0) is 60.7 Å². The molecule has 0 aromatic heterocycles. The number of imide groups is 2. The molecule has 2 aromatic carbocycles. The van der Waals surface area contributed by atoms with Crippen LogP contribution in [0, 0.1) is 23.6 Å². The molecule has 2 saturated heterocycles. The van der Waals surface area contributed by atoms with Crippen LogP contribution >= 0.6 is 34.8 Å². The number of rotatable bonds is 3. The molecular formula is C28H22Cl3FN2O6. The Balaban J connectivity index is 1.60. The smallest absolute Gasteiger partial charge is 0.258 e. The number of hydrogen-bond donors (Lipinski definition) is 1. The SMILES string of the molecule is COc1cc(C2C3=CCC4C(=O)N(C)C(=O)C4C3CC3(Cl)C(=O)N(c4ccc(F)cc4)C(=O)C23Cl)cc(Cl)c1O. The summed E-state index contributed by atoms with van der Waals surface area (Å²) in [7, 11) is 2.74. The minimum absolute atomic E-state index is 0.00151. The van der Waals surface area contributed by atoms with E-state index in [1.54, 1.807) is 6.08 Å². The Morgan fingerprint density at radius 2 is 1.70 bits per heavy atom. The van der Waals surface area contributed by atoms with E-state index in [-0.39, 0.29) is 41.0 Å². The van der Waals surface area contributed by atoms with Gasteiger partial charge in [-0.3, -0.25) is 24.1 Å². The highest BCUT2D eigenvalue weighted by Crippen LogP contribution is 2.66. The molecule has 6 rings (SSSR count). The standard InChI is InChI=1S/C28H22Cl3FN2O6/c1-33-23(36)16-8-7-15-17(20(16)24(33)37)11-27(30)25(38)34(14-5-3-13(32)4-6-14)26(39)28(27,31)21(15)12-9-18(29)22(35)19(10-12)40-2/h3-7,9-10,16-17,20-21,35H,8,11H2,1-2H3. The molecular weight excluding hydrogens is 586 g/mol. The van der Waals surface area contributed by atoms with Gasteiger partial charge in [0.1, 0.15) is 5.82 Å². The summed E-state index contributed by atoms with van der Waals surface area (Å²) in [5.74, 6) is -6.56. The first-order valence-electron chi connectivity index (χ1n) is 12.5. The van der Waals surface area contributed by atoms with Crippen molar-refractivity contribution in [2.45, 2.75) is 28.5 Å². The van der Waals surface area contributed by atoms with Gasteiger partial charge in [0.25, 0.3) is 11.8 Å². The third-order valence-corrected chi connectivity index (χ3v) is 10.4. The number of ether oxygens (including phenoxy) is 1. The van der Waals surface area contributed by atoms with Crippen molar-refractivity contribution in [3.05, 3.63) is 64.5 Å². The van der Waals surface area contributed by atoms with E-state index in [2.05, 4.69) is 0 Å². The lowest BCUT2D eigenvalue weighted by atomic mass is 9.56. The molecule has 0 spiro atoms. The lowest BCUT2D eigenvalue weighted by Crippen LogP contribution is -2.60. The number of alkyl halides is 2. The number of halogens is 4. The number of carbonyl (C=O) groups is 4. The Kier molecular flexibility index (Phi) is 6.04. The summed E-state index contributed by atoms with van der Waals surface area (Å²) in [6, 6.07) is 7.62. The third-order valence-electron chi connectivity index (χ3n) is 8.72. The highest BCUT2D eigenvalue weighted by molar-refractivity contribution is 6.58. The molecule has 8 nitrogen and oxygen atoms in total. The third kappa shape index (κ3) is 3.31. The van der Waals surface area contributed by atoms with E-state index in [4.69, 9.17) is 39.5 Å². The molecule has 2 aromatic rings. The van der Waals surface area contributed by atoms with Gasteiger partial charge in [-0.2, -0.15) is 0 Å². The quantitative estimate of drug-likeness (QED) is 0.316. The van der Waals surface area contributed by atoms with Gasteiger partial charge >= 0.3 is 0 Å². The molecule has 4 aliphatic rings. The zero-order chi connectivity index (χ0) is 28.9. The number of benzene rings is 2. The number of amides is 4. The zero-order valence-electron chi connectivity index (χ0n) is 21.2. The van der Waals surface area contributed by atoms with Crippen molar-refractivity contribution in [1.29, 1.82) is 0 Å². The first-order chi connectivity index (χ1) is 18.9. The van der Waals surface area contributed by atoms with E-state index in [0.717, 1.165) is 21.9 Å². The van der Waals surface area contributed by atoms with Gasteiger partial charge in [0.05, 0.1) is 29.7 Å². The first-order valence-corrected chi connectivity index (χ1v) is 13.6. The number of carbonyl (C=O) groups excluding carboxylic acids is 4. The van der Waals surface area contributed by atoms with E-state index in [1.807, 2.05) is 0 Å². The Bertz CT molecular complexity index is 1550. The molecule has 6 unspecified atom stereocenters. The van der Waals surface area contributed by atoms with E-state index in [1.165, 1.54) is 38.4 Å². The summed E-state index contributed by atoms with van der Waals surface area (Å²) < 4.78 is 19.0. The number of phenolic OH excluding ortho intramolecular Hbond substituents is 1. The second kappa shape index (κ2) is 8.93. The van der Waals surface area contributed by atoms with Crippen LogP contribution in [0.15, 0.2) is 48.0 Å². The van der Waals surface area contributed by atoms with Crippen molar-refractivity contribution in [3.63, 3.8) is 0 Å². The van der Waals surface area contributed by atoms with Crippen molar-refractivity contribution in [2.75, 3.05) is 19.1 Å². The van der Waals surface area contributed by atoms with Crippen LogP contribution < -0.4 is 9.64 Å². The second-order valence-corrected chi connectivity index (χ2v) is 12.2. The second-order valence-electron chi connectivity index (χ2n) is 10.5. The zero-order valence-corrected chi connectivity index (χ0v) is 23.4. The minimum atomic E-state index is -2.11. The Hall–Kier alpha value is -3.14. The van der Waals surface area contributed by atoms with E-state index in [9.17, 15) is 28.7 Å². The summed E-state index contributed by atoms with van der Waals surface area (Å²) in [5, 5.41) is 10.3. The lowest BCUT2D eigenvalue weighted by molar-refractivity contribution is -0.138. The lowest BCUT2D eigenvalue weighted by Gasteiger charge is -2.50. The average Bonchev–Trinajstić information content (AvgIpc) is 3.24. The largest absolute Gasteiger partial charge is 0.503 e. The van der Waals surface area contributed by atoms with Gasteiger partial charge in [-0.1, -0.05) is 23.3 Å². The number of methoxy groups -OCH3 is 1. The molecule has 2 aliphatic carbocycles. The van der Waals surface area contributed by atoms with Crippen molar-refractivity contribution in [3.8, 4) is 11.5 Å². The van der Waals surface area contributed by atoms with Gasteiger partial charge < -0.3 is 9.84 Å².